The van der Waals surface area contributed by atoms with Crippen molar-refractivity contribution in [3.8, 4) is 0 Å². The van der Waals surface area contributed by atoms with Crippen LogP contribution in [-0.2, 0) is 9.63 Å². The smallest absolute Gasteiger partial charge is 0.319 e. The number of pyridine rings is 1. The number of anilines is 1. The third-order valence-electron chi connectivity index (χ3n) is 4.21. The number of aromatic nitrogens is 1. The van der Waals surface area contributed by atoms with Crippen molar-refractivity contribution in [3.63, 3.8) is 0 Å². The summed E-state index contributed by atoms with van der Waals surface area (Å²) in [4.78, 5) is 37.4. The molecule has 0 aliphatic carbocycles. The molecule has 1 saturated heterocycles. The van der Waals surface area contributed by atoms with E-state index in [1.54, 1.807) is 48.4 Å². The van der Waals surface area contributed by atoms with Crippen molar-refractivity contribution in [3.05, 3.63) is 24.5 Å². The summed E-state index contributed by atoms with van der Waals surface area (Å²) in [5.74, 6) is -0.295. The van der Waals surface area contributed by atoms with E-state index in [4.69, 9.17) is 4.84 Å². The van der Waals surface area contributed by atoms with Crippen LogP contribution >= 0.6 is 0 Å². The summed E-state index contributed by atoms with van der Waals surface area (Å²) in [5.41, 5.74) is 0.364. The highest BCUT2D eigenvalue weighted by atomic mass is 16.7. The van der Waals surface area contributed by atoms with Gasteiger partial charge in [0.2, 0.25) is 0 Å². The minimum Gasteiger partial charge on any atom is -0.386 e. The summed E-state index contributed by atoms with van der Waals surface area (Å²) in [5, 5.41) is 6.74. The highest BCUT2D eigenvalue weighted by Gasteiger charge is 2.45. The van der Waals surface area contributed by atoms with Crippen LogP contribution in [0.1, 0.15) is 19.3 Å². The second kappa shape index (κ2) is 6.46. The Kier molecular flexibility index (Phi) is 4.37. The van der Waals surface area contributed by atoms with Crippen molar-refractivity contribution in [1.82, 2.24) is 14.8 Å². The van der Waals surface area contributed by atoms with Crippen LogP contribution in [0.25, 0.3) is 0 Å². The van der Waals surface area contributed by atoms with Crippen LogP contribution in [0.2, 0.25) is 0 Å². The summed E-state index contributed by atoms with van der Waals surface area (Å²) in [6, 6.07) is 3.45. The Morgan fingerprint density at radius 3 is 2.96 bits per heavy atom. The van der Waals surface area contributed by atoms with E-state index < -0.39 is 5.60 Å². The van der Waals surface area contributed by atoms with Crippen molar-refractivity contribution in [2.24, 2.45) is 5.16 Å². The predicted molar refractivity (Wildman–Crippen MR) is 88.6 cm³/mol. The van der Waals surface area contributed by atoms with Gasteiger partial charge in [-0.1, -0.05) is 5.16 Å². The first kappa shape index (κ1) is 16.2. The first-order valence-electron chi connectivity index (χ1n) is 7.92. The maximum absolute atomic E-state index is 12.3. The Morgan fingerprint density at radius 2 is 2.25 bits per heavy atom. The molecule has 1 aromatic rings. The highest BCUT2D eigenvalue weighted by Crippen LogP contribution is 2.34. The van der Waals surface area contributed by atoms with Crippen molar-refractivity contribution >= 4 is 23.3 Å². The van der Waals surface area contributed by atoms with Crippen LogP contribution < -0.4 is 5.32 Å². The van der Waals surface area contributed by atoms with Gasteiger partial charge >= 0.3 is 6.03 Å². The zero-order valence-corrected chi connectivity index (χ0v) is 13.9. The molecule has 2 aliphatic heterocycles. The molecule has 0 radical (unpaired) electrons. The monoisotopic (exact) mass is 331 g/mol. The lowest BCUT2D eigenvalue weighted by molar-refractivity contribution is -0.110. The second-order valence-electron chi connectivity index (χ2n) is 6.39. The number of nitrogens with zero attached hydrogens (tertiary/aromatic N) is 4. The molecule has 1 spiro atoms. The number of carbonyl (C=O) groups is 2. The standard InChI is InChI=1S/C16H21N5O3/c1-20(2)15(23)21-8-4-6-16(11-21)9-13(19-24-16)14(22)18-12-5-3-7-17-10-12/h3,5,7,10H,4,6,8-9,11H2,1-2H3,(H,18,22). The van der Waals surface area contributed by atoms with Gasteiger partial charge in [0.1, 0.15) is 5.71 Å². The number of likely N-dealkylation sites (tertiary alicyclic amines) is 1. The second-order valence-corrected chi connectivity index (χ2v) is 6.39. The normalized spacial score (nSPS) is 22.8. The molecule has 0 saturated carbocycles. The number of oxime groups is 1. The van der Waals surface area contributed by atoms with E-state index in [1.165, 1.54) is 0 Å². The van der Waals surface area contributed by atoms with Gasteiger partial charge in [0.15, 0.2) is 5.60 Å². The first-order valence-corrected chi connectivity index (χ1v) is 7.92. The van der Waals surface area contributed by atoms with Crippen molar-refractivity contribution in [1.29, 1.82) is 0 Å². The molecule has 3 heterocycles. The van der Waals surface area contributed by atoms with Gasteiger partial charge in [-0.25, -0.2) is 4.79 Å². The summed E-state index contributed by atoms with van der Waals surface area (Å²) in [7, 11) is 3.45. The molecule has 1 N–H and O–H groups in total. The summed E-state index contributed by atoms with van der Waals surface area (Å²) in [6.45, 7) is 1.14. The lowest BCUT2D eigenvalue weighted by Gasteiger charge is -2.39. The van der Waals surface area contributed by atoms with Crippen molar-refractivity contribution < 1.29 is 14.4 Å². The van der Waals surface area contributed by atoms with E-state index in [9.17, 15) is 9.59 Å². The van der Waals surface area contributed by atoms with E-state index in [1.807, 2.05) is 0 Å². The number of piperidine rings is 1. The Labute approximate surface area is 140 Å². The highest BCUT2D eigenvalue weighted by molar-refractivity contribution is 6.43. The van der Waals surface area contributed by atoms with Crippen molar-refractivity contribution in [2.75, 3.05) is 32.5 Å². The van der Waals surface area contributed by atoms with Crippen LogP contribution in [-0.4, -0.2) is 65.2 Å². The minimum absolute atomic E-state index is 0.0501. The van der Waals surface area contributed by atoms with Crippen molar-refractivity contribution in [2.45, 2.75) is 24.9 Å². The maximum Gasteiger partial charge on any atom is 0.319 e. The van der Waals surface area contributed by atoms with Gasteiger partial charge in [0, 0.05) is 33.3 Å². The molecule has 8 nitrogen and oxygen atoms in total. The molecule has 1 aromatic heterocycles. The minimum atomic E-state index is -0.592. The number of urea groups is 1. The molecule has 3 rings (SSSR count). The molecule has 2 aliphatic rings. The summed E-state index contributed by atoms with van der Waals surface area (Å²) in [6.07, 6.45) is 5.21. The average molecular weight is 331 g/mol. The fraction of sp³-hybridized carbons (Fsp3) is 0.500. The largest absolute Gasteiger partial charge is 0.386 e. The number of rotatable bonds is 2. The van der Waals surface area contributed by atoms with E-state index in [2.05, 4.69) is 15.5 Å². The van der Waals surface area contributed by atoms with E-state index >= 15 is 0 Å². The summed E-state index contributed by atoms with van der Waals surface area (Å²) >= 11 is 0. The van der Waals surface area contributed by atoms with Gasteiger partial charge in [-0.05, 0) is 25.0 Å². The first-order chi connectivity index (χ1) is 11.5. The molecule has 128 valence electrons. The average Bonchev–Trinajstić information content (AvgIpc) is 2.98. The van der Waals surface area contributed by atoms with Crippen LogP contribution in [0, 0.1) is 0 Å². The lowest BCUT2D eigenvalue weighted by atomic mass is 9.88. The number of nitrogens with one attached hydrogen (secondary N) is 1. The molecule has 0 bridgehead atoms. The maximum atomic E-state index is 12.3. The number of hydrogen-bond donors (Lipinski definition) is 1. The van der Waals surface area contributed by atoms with Crippen LogP contribution in [0.5, 0.6) is 0 Å². The molecule has 8 heteroatoms. The van der Waals surface area contributed by atoms with Gasteiger partial charge in [-0.3, -0.25) is 9.78 Å². The molecule has 0 aromatic carbocycles. The fourth-order valence-electron chi connectivity index (χ4n) is 3.05. The van der Waals surface area contributed by atoms with E-state index in [-0.39, 0.29) is 11.9 Å². The van der Waals surface area contributed by atoms with E-state index in [0.717, 1.165) is 12.8 Å². The number of amides is 3. The number of hydrogen-bond acceptors (Lipinski definition) is 5. The third-order valence-corrected chi connectivity index (χ3v) is 4.21. The van der Waals surface area contributed by atoms with Gasteiger partial charge < -0.3 is 20.0 Å². The van der Waals surface area contributed by atoms with Gasteiger partial charge in [-0.15, -0.1) is 0 Å². The van der Waals surface area contributed by atoms with Gasteiger partial charge in [-0.2, -0.15) is 0 Å². The molecule has 24 heavy (non-hydrogen) atoms. The molecule has 1 atom stereocenters. The van der Waals surface area contributed by atoms with Crippen LogP contribution in [0.4, 0.5) is 10.5 Å². The number of carbonyl (C=O) groups excluding carboxylic acids is 2. The topological polar surface area (TPSA) is 87.1 Å². The molecule has 1 fully saturated rings. The SMILES string of the molecule is CN(C)C(=O)N1CCCC2(CC(C(=O)Nc3cccnc3)=NO2)C1. The molecule has 3 amide bonds. The van der Waals surface area contributed by atoms with Crippen LogP contribution in [0.15, 0.2) is 29.7 Å². The van der Waals surface area contributed by atoms with Crippen LogP contribution in [0.3, 0.4) is 0 Å². The quantitative estimate of drug-likeness (QED) is 0.885. The molecular formula is C16H21N5O3. The predicted octanol–water partition coefficient (Wildman–Crippen LogP) is 1.31. The van der Waals surface area contributed by atoms with Gasteiger partial charge in [0.05, 0.1) is 18.4 Å². The Balaban J connectivity index is 1.63. The van der Waals surface area contributed by atoms with E-state index in [0.29, 0.717) is 30.9 Å². The fourth-order valence-corrected chi connectivity index (χ4v) is 3.05. The zero-order chi connectivity index (χ0) is 17.2. The summed E-state index contributed by atoms with van der Waals surface area (Å²) < 4.78 is 0. The lowest BCUT2D eigenvalue weighted by Crippen LogP contribution is -2.53. The molecular weight excluding hydrogens is 310 g/mol. The van der Waals surface area contributed by atoms with Gasteiger partial charge in [0.25, 0.3) is 5.91 Å². The zero-order valence-electron chi connectivity index (χ0n) is 13.9. The third kappa shape index (κ3) is 3.32. The Hall–Kier alpha value is -2.64. The molecule has 1 unspecified atom stereocenters. The Morgan fingerprint density at radius 1 is 1.42 bits per heavy atom. The Bertz CT molecular complexity index is 661.